The number of thioether (sulfide) groups is 1. The third kappa shape index (κ3) is 7.22. The number of carbonyl (C=O) groups excluding carboxylic acids is 2. The Bertz CT molecular complexity index is 947. The number of hydrogen-bond donors (Lipinski definition) is 2. The molecule has 2 amide bonds. The van der Waals surface area contributed by atoms with Crippen molar-refractivity contribution in [1.82, 2.24) is 25.4 Å². The first kappa shape index (κ1) is 26.1. The minimum absolute atomic E-state index is 0.0298. The number of carbonyl (C=O) groups is 2. The summed E-state index contributed by atoms with van der Waals surface area (Å²) in [6.07, 6.45) is 4.98. The average Bonchev–Trinajstić information content (AvgIpc) is 3.24. The van der Waals surface area contributed by atoms with E-state index in [2.05, 4.69) is 34.7 Å². The smallest absolute Gasteiger partial charge is 0.261 e. The highest BCUT2D eigenvalue weighted by molar-refractivity contribution is 7.99. The van der Waals surface area contributed by atoms with Crippen LogP contribution in [0.15, 0.2) is 29.4 Å². The SMILES string of the molecule is CCc1ccc(O[C@H](C)C(=O)NCc2nnc(SCC(=O)N[C@@H]3CCCC[C@H]3C)n2CC)cc1. The molecule has 8 nitrogen and oxygen atoms in total. The minimum atomic E-state index is -0.634. The molecule has 2 aromatic rings. The first-order valence-corrected chi connectivity index (χ1v) is 13.3. The van der Waals surface area contributed by atoms with Gasteiger partial charge in [0, 0.05) is 12.6 Å². The highest BCUT2D eigenvalue weighted by Gasteiger charge is 2.23. The fraction of sp³-hybridized carbons (Fsp3) is 0.600. The Kier molecular flexibility index (Phi) is 9.80. The number of aromatic nitrogens is 3. The summed E-state index contributed by atoms with van der Waals surface area (Å²) in [5, 5.41) is 15.2. The van der Waals surface area contributed by atoms with Crippen LogP contribution < -0.4 is 15.4 Å². The third-order valence-corrected chi connectivity index (χ3v) is 7.30. The first-order valence-electron chi connectivity index (χ1n) is 12.3. The average molecular weight is 488 g/mol. The van der Waals surface area contributed by atoms with Crippen LogP contribution in [-0.4, -0.2) is 44.5 Å². The van der Waals surface area contributed by atoms with Crippen LogP contribution >= 0.6 is 11.8 Å². The van der Waals surface area contributed by atoms with Crippen molar-refractivity contribution in [2.24, 2.45) is 5.92 Å². The molecule has 2 N–H and O–H groups in total. The Balaban J connectivity index is 1.48. The molecule has 1 aromatic carbocycles. The molecule has 0 spiro atoms. The highest BCUT2D eigenvalue weighted by Crippen LogP contribution is 2.24. The second-order valence-electron chi connectivity index (χ2n) is 8.84. The Labute approximate surface area is 206 Å². The van der Waals surface area contributed by atoms with Crippen LogP contribution in [-0.2, 0) is 29.1 Å². The largest absolute Gasteiger partial charge is 0.481 e. The Morgan fingerprint density at radius 1 is 1.18 bits per heavy atom. The van der Waals surface area contributed by atoms with E-state index in [1.54, 1.807) is 6.92 Å². The van der Waals surface area contributed by atoms with E-state index in [-0.39, 0.29) is 24.4 Å². The molecule has 0 bridgehead atoms. The van der Waals surface area contributed by atoms with Crippen molar-refractivity contribution in [3.05, 3.63) is 35.7 Å². The van der Waals surface area contributed by atoms with Gasteiger partial charge in [-0.15, -0.1) is 10.2 Å². The molecule has 1 aliphatic carbocycles. The van der Waals surface area contributed by atoms with E-state index in [4.69, 9.17) is 4.74 Å². The van der Waals surface area contributed by atoms with Crippen LogP contribution in [0.5, 0.6) is 5.75 Å². The predicted octanol–water partition coefficient (Wildman–Crippen LogP) is 3.73. The van der Waals surface area contributed by atoms with Crippen molar-refractivity contribution < 1.29 is 14.3 Å². The zero-order valence-electron chi connectivity index (χ0n) is 20.7. The van der Waals surface area contributed by atoms with Gasteiger partial charge in [-0.25, -0.2) is 0 Å². The summed E-state index contributed by atoms with van der Waals surface area (Å²) >= 11 is 1.38. The lowest BCUT2D eigenvalue weighted by Gasteiger charge is -2.29. The molecule has 0 saturated heterocycles. The quantitative estimate of drug-likeness (QED) is 0.469. The molecule has 1 fully saturated rings. The fourth-order valence-electron chi connectivity index (χ4n) is 4.15. The summed E-state index contributed by atoms with van der Waals surface area (Å²) in [6, 6.07) is 8.03. The van der Waals surface area contributed by atoms with Gasteiger partial charge in [0.2, 0.25) is 5.91 Å². The molecule has 3 rings (SSSR count). The Morgan fingerprint density at radius 2 is 1.91 bits per heavy atom. The van der Waals surface area contributed by atoms with E-state index in [0.717, 1.165) is 12.8 Å². The monoisotopic (exact) mass is 487 g/mol. The van der Waals surface area contributed by atoms with Crippen molar-refractivity contribution in [1.29, 1.82) is 0 Å². The Hall–Kier alpha value is -2.55. The summed E-state index contributed by atoms with van der Waals surface area (Å²) in [5.74, 6) is 1.95. The second-order valence-corrected chi connectivity index (χ2v) is 9.79. The van der Waals surface area contributed by atoms with E-state index in [0.29, 0.717) is 34.9 Å². The van der Waals surface area contributed by atoms with E-state index < -0.39 is 6.10 Å². The van der Waals surface area contributed by atoms with Gasteiger partial charge in [-0.3, -0.25) is 9.59 Å². The molecule has 0 unspecified atom stereocenters. The van der Waals surface area contributed by atoms with Gasteiger partial charge in [0.1, 0.15) is 5.75 Å². The van der Waals surface area contributed by atoms with Crippen molar-refractivity contribution >= 4 is 23.6 Å². The molecule has 0 aliphatic heterocycles. The summed E-state index contributed by atoms with van der Waals surface area (Å²) < 4.78 is 7.68. The molecular formula is C25H37N5O3S. The van der Waals surface area contributed by atoms with Crippen molar-refractivity contribution in [2.75, 3.05) is 5.75 Å². The summed E-state index contributed by atoms with van der Waals surface area (Å²) in [7, 11) is 0. The van der Waals surface area contributed by atoms with Crippen LogP contribution in [0.4, 0.5) is 0 Å². The molecule has 1 heterocycles. The number of rotatable bonds is 11. The maximum atomic E-state index is 12.5. The molecule has 1 aromatic heterocycles. The fourth-order valence-corrected chi connectivity index (χ4v) is 4.99. The van der Waals surface area contributed by atoms with E-state index in [1.165, 1.54) is 36.6 Å². The highest BCUT2D eigenvalue weighted by atomic mass is 32.2. The lowest BCUT2D eigenvalue weighted by molar-refractivity contribution is -0.127. The van der Waals surface area contributed by atoms with Gasteiger partial charge in [0.25, 0.3) is 5.91 Å². The van der Waals surface area contributed by atoms with Crippen LogP contribution in [0.3, 0.4) is 0 Å². The molecule has 3 atom stereocenters. The number of hydrogen-bond acceptors (Lipinski definition) is 6. The number of benzene rings is 1. The van der Waals surface area contributed by atoms with Gasteiger partial charge in [0.05, 0.1) is 12.3 Å². The van der Waals surface area contributed by atoms with E-state index in [1.807, 2.05) is 35.8 Å². The Morgan fingerprint density at radius 3 is 2.59 bits per heavy atom. The van der Waals surface area contributed by atoms with Crippen LogP contribution in [0.25, 0.3) is 0 Å². The predicted molar refractivity (Wildman–Crippen MR) is 134 cm³/mol. The summed E-state index contributed by atoms with van der Waals surface area (Å²) in [4.78, 5) is 25.0. The first-order chi connectivity index (χ1) is 16.4. The summed E-state index contributed by atoms with van der Waals surface area (Å²) in [6.45, 7) is 8.91. The number of nitrogens with zero attached hydrogens (tertiary/aromatic N) is 3. The number of nitrogens with one attached hydrogen (secondary N) is 2. The lowest BCUT2D eigenvalue weighted by atomic mass is 9.86. The number of ether oxygens (including phenoxy) is 1. The molecule has 9 heteroatoms. The van der Waals surface area contributed by atoms with Gasteiger partial charge < -0.3 is 19.9 Å². The van der Waals surface area contributed by atoms with Crippen molar-refractivity contribution in [2.45, 2.75) is 90.2 Å². The molecular weight excluding hydrogens is 450 g/mol. The zero-order valence-corrected chi connectivity index (χ0v) is 21.5. The molecule has 186 valence electrons. The second kappa shape index (κ2) is 12.8. The van der Waals surface area contributed by atoms with Crippen LogP contribution in [0.1, 0.15) is 64.8 Å². The number of amides is 2. The third-order valence-electron chi connectivity index (χ3n) is 6.33. The van der Waals surface area contributed by atoms with Gasteiger partial charge in [-0.2, -0.15) is 0 Å². The van der Waals surface area contributed by atoms with E-state index >= 15 is 0 Å². The molecule has 1 saturated carbocycles. The maximum absolute atomic E-state index is 12.5. The molecule has 34 heavy (non-hydrogen) atoms. The standard InChI is InChI=1S/C25H37N5O3S/c1-5-19-11-13-20(14-12-19)33-18(4)24(32)26-15-22-28-29-25(30(22)6-2)34-16-23(31)27-21-10-8-7-9-17(21)3/h11-14,17-18,21H,5-10,15-16H2,1-4H3,(H,26,32)(H,27,31)/t17-,18-,21-/m1/s1. The summed E-state index contributed by atoms with van der Waals surface area (Å²) in [5.41, 5.74) is 1.22. The number of aryl methyl sites for hydroxylation is 1. The van der Waals surface area contributed by atoms with Gasteiger partial charge >= 0.3 is 0 Å². The van der Waals surface area contributed by atoms with Crippen LogP contribution in [0, 0.1) is 5.92 Å². The lowest BCUT2D eigenvalue weighted by Crippen LogP contribution is -2.41. The van der Waals surface area contributed by atoms with Crippen molar-refractivity contribution in [3.63, 3.8) is 0 Å². The topological polar surface area (TPSA) is 98.1 Å². The van der Waals surface area contributed by atoms with Gasteiger partial charge in [-0.1, -0.05) is 50.6 Å². The normalized spacial score (nSPS) is 18.8. The zero-order chi connectivity index (χ0) is 24.5. The maximum Gasteiger partial charge on any atom is 0.261 e. The van der Waals surface area contributed by atoms with Gasteiger partial charge in [-0.05, 0) is 56.7 Å². The molecule has 1 aliphatic rings. The van der Waals surface area contributed by atoms with Crippen LogP contribution in [0.2, 0.25) is 0 Å². The van der Waals surface area contributed by atoms with Crippen molar-refractivity contribution in [3.8, 4) is 5.75 Å². The minimum Gasteiger partial charge on any atom is -0.481 e. The molecule has 0 radical (unpaired) electrons. The van der Waals surface area contributed by atoms with E-state index in [9.17, 15) is 9.59 Å². The van der Waals surface area contributed by atoms with Gasteiger partial charge in [0.15, 0.2) is 17.1 Å².